The molecule has 0 radical (unpaired) electrons. The molecule has 0 aliphatic carbocycles. The van der Waals surface area contributed by atoms with Crippen molar-refractivity contribution in [3.8, 4) is 12.1 Å². The number of hydrogen-bond acceptors (Lipinski definition) is 8. The molecule has 2 unspecified atom stereocenters. The first kappa shape index (κ1) is 107. The first-order chi connectivity index (χ1) is 50.2. The Morgan fingerprint density at radius 3 is 1.19 bits per heavy atom. The van der Waals surface area contributed by atoms with E-state index in [4.69, 9.17) is 31.0 Å². The van der Waals surface area contributed by atoms with Crippen molar-refractivity contribution in [2.75, 3.05) is 17.3 Å². The van der Waals surface area contributed by atoms with Crippen molar-refractivity contribution in [2.45, 2.75) is 341 Å². The van der Waals surface area contributed by atoms with E-state index in [-0.39, 0.29) is 10.8 Å². The number of thioether (sulfide) groups is 4. The Labute approximate surface area is 679 Å². The van der Waals surface area contributed by atoms with Gasteiger partial charge < -0.3 is 0 Å². The van der Waals surface area contributed by atoms with Gasteiger partial charge in [0.15, 0.2) is 0 Å². The van der Waals surface area contributed by atoms with Crippen LogP contribution in [0.15, 0.2) is 181 Å². The molecule has 3 aromatic carbocycles. The van der Waals surface area contributed by atoms with E-state index in [2.05, 4.69) is 204 Å². The number of hydrogen-bond donors (Lipinski definition) is 0. The molecule has 105 heavy (non-hydrogen) atoms. The molecule has 588 valence electrons. The molecule has 3 aromatic rings. The lowest BCUT2D eigenvalue weighted by atomic mass is 9.79. The smallest absolute Gasteiger partial charge is 0.277 e. The predicted octanol–water partition coefficient (Wildman–Crippen LogP) is 34.4. The second kappa shape index (κ2) is 73.8. The van der Waals surface area contributed by atoms with E-state index < -0.39 is 4.87 Å². The molecule has 0 aliphatic heterocycles. The zero-order chi connectivity index (χ0) is 79.8. The van der Waals surface area contributed by atoms with Crippen molar-refractivity contribution in [3.05, 3.63) is 209 Å². The van der Waals surface area contributed by atoms with Gasteiger partial charge in [-0.25, -0.2) is 6.57 Å². The zero-order valence-electron chi connectivity index (χ0n) is 70.6. The Kier molecular flexibility index (Phi) is 75.1. The first-order valence-electron chi connectivity index (χ1n) is 40.4. The van der Waals surface area contributed by atoms with Crippen LogP contribution in [0.4, 0.5) is 0 Å². The van der Waals surface area contributed by atoms with Crippen molar-refractivity contribution in [1.82, 2.24) is 0 Å². The van der Waals surface area contributed by atoms with E-state index in [1.807, 2.05) is 121 Å². The van der Waals surface area contributed by atoms with Gasteiger partial charge in [-0.2, -0.15) is 10.5 Å². The fourth-order valence-corrected chi connectivity index (χ4v) is 15.9. The highest BCUT2D eigenvalue weighted by molar-refractivity contribution is 8.47. The number of thiocarbonyl (C=S) groups is 2. The van der Waals surface area contributed by atoms with Crippen LogP contribution in [0.2, 0.25) is 0 Å². The van der Waals surface area contributed by atoms with Gasteiger partial charge in [-0.05, 0) is 205 Å². The highest BCUT2D eigenvalue weighted by atomic mass is 32.2. The summed E-state index contributed by atoms with van der Waals surface area (Å²) in [5.74, 6) is 3.99. The molecule has 9 heteroatoms. The van der Waals surface area contributed by atoms with Crippen LogP contribution in [0.1, 0.15) is 353 Å². The van der Waals surface area contributed by atoms with Crippen LogP contribution in [-0.4, -0.2) is 29.2 Å². The summed E-state index contributed by atoms with van der Waals surface area (Å²) in [5, 5.41) is 19.0. The van der Waals surface area contributed by atoms with Crippen molar-refractivity contribution in [1.29, 1.82) is 10.5 Å². The molecule has 0 aliphatic rings. The van der Waals surface area contributed by atoms with Gasteiger partial charge in [0.1, 0.15) is 7.06 Å². The Morgan fingerprint density at radius 2 is 0.838 bits per heavy atom. The van der Waals surface area contributed by atoms with Crippen molar-refractivity contribution >= 4 is 84.6 Å². The zero-order valence-corrected chi connectivity index (χ0v) is 75.5. The lowest BCUT2D eigenvalue weighted by molar-refractivity contribution is 0.400. The third-order valence-electron chi connectivity index (χ3n) is 17.0. The summed E-state index contributed by atoms with van der Waals surface area (Å²) >= 11 is 18.1. The summed E-state index contributed by atoms with van der Waals surface area (Å²) in [6, 6.07) is 36.3. The molecule has 0 N–H and O–H groups in total. The van der Waals surface area contributed by atoms with E-state index in [9.17, 15) is 10.5 Å². The molecule has 0 fully saturated rings. The number of nitrogens with zero attached hydrogens (tertiary/aromatic N) is 3. The maximum atomic E-state index is 9.67. The van der Waals surface area contributed by atoms with Gasteiger partial charge in [0.05, 0.1) is 23.0 Å². The number of rotatable bonds is 46. The summed E-state index contributed by atoms with van der Waals surface area (Å²) in [4.78, 5) is 3.18. The van der Waals surface area contributed by atoms with Crippen LogP contribution in [0.3, 0.4) is 0 Å². The molecule has 0 amide bonds. The van der Waals surface area contributed by atoms with Crippen LogP contribution in [0, 0.1) is 40.1 Å². The third-order valence-corrected chi connectivity index (χ3v) is 22.6. The summed E-state index contributed by atoms with van der Waals surface area (Å²) in [7, 11) is 0. The Balaban J connectivity index is -0.000000660. The predicted molar refractivity (Wildman–Crippen MR) is 497 cm³/mol. The lowest BCUT2D eigenvalue weighted by Gasteiger charge is -2.24. The van der Waals surface area contributed by atoms with Crippen molar-refractivity contribution in [2.24, 2.45) is 10.8 Å². The lowest BCUT2D eigenvalue weighted by Crippen LogP contribution is -2.14. The first-order valence-corrected chi connectivity index (χ1v) is 45.0. The number of allylic oxidation sites excluding steroid dienone is 11. The van der Waals surface area contributed by atoms with Gasteiger partial charge in [-0.15, -0.1) is 35.3 Å². The van der Waals surface area contributed by atoms with E-state index >= 15 is 0 Å². The topological polar surface area (TPSA) is 51.9 Å². The molecule has 0 saturated carbocycles. The molecule has 3 rings (SSSR count). The third kappa shape index (κ3) is 72.3. The molecule has 0 bridgehead atoms. The average Bonchev–Trinajstić information content (AvgIpc) is 0.866. The summed E-state index contributed by atoms with van der Waals surface area (Å²) < 4.78 is 2.01. The van der Waals surface area contributed by atoms with E-state index in [0.717, 1.165) is 94.1 Å². The second-order valence-electron chi connectivity index (χ2n) is 29.4. The molecule has 0 aromatic heterocycles. The highest BCUT2D eigenvalue weighted by Gasteiger charge is 2.27. The van der Waals surface area contributed by atoms with Gasteiger partial charge in [0, 0.05) is 19.6 Å². The average molecular weight is 1540 g/mol. The van der Waals surface area contributed by atoms with Crippen LogP contribution in [0.5, 0.6) is 0 Å². The highest BCUT2D eigenvalue weighted by Crippen LogP contribution is 2.37. The van der Waals surface area contributed by atoms with E-state index in [1.165, 1.54) is 185 Å². The molecular weight excluding hydrogens is 1390 g/mol. The maximum Gasteiger partial charge on any atom is 0.277 e. The Bertz CT molecular complexity index is 2910. The van der Waals surface area contributed by atoms with Crippen LogP contribution < -0.4 is 0 Å². The maximum absolute atomic E-state index is 9.67. The van der Waals surface area contributed by atoms with Gasteiger partial charge >= 0.3 is 0 Å². The number of unbranched alkanes of at least 4 members (excludes halogenated alkanes) is 18. The fraction of sp³-hybridized carbons (Fsp3) is 0.594. The molecule has 2 atom stereocenters. The Morgan fingerprint density at radius 1 is 0.486 bits per heavy atom. The minimum atomic E-state index is -0.401. The van der Waals surface area contributed by atoms with Gasteiger partial charge in [0.2, 0.25) is 0 Å². The van der Waals surface area contributed by atoms with Crippen molar-refractivity contribution < 1.29 is 0 Å². The fourth-order valence-electron chi connectivity index (χ4n) is 10.7. The molecular formula is C96H153N3S6. The Hall–Kier alpha value is -4.37. The quantitative estimate of drug-likeness (QED) is 0.0182. The van der Waals surface area contributed by atoms with Crippen molar-refractivity contribution in [3.63, 3.8) is 0 Å². The summed E-state index contributed by atoms with van der Waals surface area (Å²) in [6.07, 6.45) is 53.1. The van der Waals surface area contributed by atoms with Crippen LogP contribution in [0.25, 0.3) is 10.9 Å². The van der Waals surface area contributed by atoms with Gasteiger partial charge in [-0.3, -0.25) is 4.85 Å². The van der Waals surface area contributed by atoms with Crippen LogP contribution in [-0.2, 0) is 0 Å². The summed E-state index contributed by atoms with van der Waals surface area (Å²) in [5.41, 5.74) is 11.4. The standard InChI is InChI=1S/C35H55NS3.C22H31N.C17H31NS3.C10H16.C8H8.2C2H6/c1-6-7-8-9-10-11-12-13-14-18-26-38-34(37)39-28-31(21-19-20-30(2)3)24-25-33(27-35(4,5)29-36)32-22-16-15-17-23-32;1-18(2)10-9-11-19(3)14-15-21(16-22(4,5)17-23)20-12-7-6-8-13-20;1-5-6-7-8-9-10-11-12-13-14-15-20-16(19)21-17(2,3)18-4;1-5-10(4)8-6-7-9(2)3;1-2-8-6-4-3-5-7-8;2*1-2/h15-17,20,22-24,33H,6-14,18-19,21,25-28H2,1-5H3;6-8,10,12-14,21H,9,11,15-16H2,1-5H3;5-15H2,1-3H3;5,7H,1,4,6,8H2,2-3H3;2-7H,1H2;2*1-2H3/b31-24+;19-14-;;;;;. The van der Waals surface area contributed by atoms with E-state index in [1.54, 1.807) is 11.8 Å². The number of benzene rings is 3. The molecule has 0 heterocycles. The normalized spacial score (nSPS) is 11.5. The molecule has 3 nitrogen and oxygen atoms in total. The molecule has 0 saturated heterocycles. The largest absolute Gasteiger partial charge is 0.299 e. The molecule has 0 spiro atoms. The van der Waals surface area contributed by atoms with E-state index in [0.29, 0.717) is 11.8 Å². The van der Waals surface area contributed by atoms with Crippen LogP contribution >= 0.6 is 71.5 Å². The minimum Gasteiger partial charge on any atom is -0.299 e. The number of nitriles is 2. The minimum absolute atomic E-state index is 0.287. The monoisotopic (exact) mass is 1540 g/mol. The SMILES string of the molecule is C=CC(=C)CCC=C(C)C.C=Cc1ccccc1.CC.CC.CC(C)=CCC/C(C)=C\CC(CC(C)(C)C#N)c1ccccc1.CCCCCCCCCCCCSC(=S)SC/C(=C/CC(CC(C)(C)C#N)c1ccccc1)CCC=C(C)C.[C-]#[N+]C(C)(C)SC(=S)SCCCCCCCCCCCC. The summed E-state index contributed by atoms with van der Waals surface area (Å²) in [6.45, 7) is 57.9. The van der Waals surface area contributed by atoms with Gasteiger partial charge in [0.25, 0.3) is 4.87 Å². The van der Waals surface area contributed by atoms with Gasteiger partial charge in [-0.1, -0.05) is 368 Å². The second-order valence-corrected chi connectivity index (χ2v) is 36.6.